The number of hydrogen-bond donors (Lipinski definition) is 3. The molecule has 0 saturated carbocycles. The molecule has 0 spiro atoms. The summed E-state index contributed by atoms with van der Waals surface area (Å²) >= 11 is 0. The molecule has 6 atom stereocenters. The van der Waals surface area contributed by atoms with Gasteiger partial charge in [0.1, 0.15) is 19.3 Å². The summed E-state index contributed by atoms with van der Waals surface area (Å²) in [6.45, 7) is 12.0. The SMILES string of the molecule is CCCCCCCCCC(=O)OC[C@H](COP(=O)(O)OC[C@H](O)COP(=O)(O)OC[C@@H](COC(=O)CCCCCCCCCCCCCCCCCC(C)C)OC(=O)CCCCCCCCCCCCCCCCCCCCC(C)CC)OC(=O)CCCCCCCCCCCCC(C)C. The molecule has 594 valence electrons. The molecule has 0 heterocycles. The molecule has 0 amide bonds. The number of hydrogen-bond acceptors (Lipinski definition) is 15. The Kier molecular flexibility index (Phi) is 69.9. The van der Waals surface area contributed by atoms with E-state index in [1.54, 1.807) is 0 Å². The van der Waals surface area contributed by atoms with E-state index in [2.05, 4.69) is 48.5 Å². The van der Waals surface area contributed by atoms with E-state index in [-0.39, 0.29) is 25.7 Å². The van der Waals surface area contributed by atoms with E-state index >= 15 is 0 Å². The highest BCUT2D eigenvalue weighted by Crippen LogP contribution is 2.45. The van der Waals surface area contributed by atoms with Crippen LogP contribution in [0.15, 0.2) is 0 Å². The minimum Gasteiger partial charge on any atom is -0.462 e. The number of aliphatic hydroxyl groups excluding tert-OH is 1. The van der Waals surface area contributed by atoms with Crippen LogP contribution in [0, 0.1) is 17.8 Å². The molecule has 0 saturated heterocycles. The van der Waals surface area contributed by atoms with Crippen molar-refractivity contribution in [2.75, 3.05) is 39.6 Å². The summed E-state index contributed by atoms with van der Waals surface area (Å²) in [4.78, 5) is 72.8. The number of unbranched alkanes of at least 4 members (excludes halogenated alkanes) is 46. The lowest BCUT2D eigenvalue weighted by molar-refractivity contribution is -0.161. The van der Waals surface area contributed by atoms with Crippen molar-refractivity contribution in [1.29, 1.82) is 0 Å². The topological polar surface area (TPSA) is 237 Å². The van der Waals surface area contributed by atoms with E-state index in [0.717, 1.165) is 120 Å². The van der Waals surface area contributed by atoms with Crippen LogP contribution in [0.25, 0.3) is 0 Å². The first-order valence-corrected chi connectivity index (χ1v) is 44.9. The molecule has 100 heavy (non-hydrogen) atoms. The van der Waals surface area contributed by atoms with Gasteiger partial charge in [0.2, 0.25) is 0 Å². The van der Waals surface area contributed by atoms with Crippen molar-refractivity contribution in [2.24, 2.45) is 17.8 Å². The van der Waals surface area contributed by atoms with Crippen LogP contribution in [0.5, 0.6) is 0 Å². The number of ether oxygens (including phenoxy) is 4. The maximum Gasteiger partial charge on any atom is 0.472 e. The third-order valence-electron chi connectivity index (χ3n) is 19.2. The predicted octanol–water partition coefficient (Wildman–Crippen LogP) is 24.1. The smallest absolute Gasteiger partial charge is 0.462 e. The lowest BCUT2D eigenvalue weighted by Crippen LogP contribution is -2.30. The van der Waals surface area contributed by atoms with E-state index in [1.165, 1.54) is 218 Å². The first kappa shape index (κ1) is 98.1. The molecule has 0 aliphatic carbocycles. The Bertz CT molecular complexity index is 1940. The van der Waals surface area contributed by atoms with Gasteiger partial charge in [-0.1, -0.05) is 370 Å². The molecule has 3 unspecified atom stereocenters. The van der Waals surface area contributed by atoms with Crippen LogP contribution in [0.2, 0.25) is 0 Å². The van der Waals surface area contributed by atoms with E-state index in [0.29, 0.717) is 25.7 Å². The minimum absolute atomic E-state index is 0.106. The van der Waals surface area contributed by atoms with Gasteiger partial charge in [0, 0.05) is 25.7 Å². The van der Waals surface area contributed by atoms with Gasteiger partial charge >= 0.3 is 39.5 Å². The molecule has 0 aromatic heterocycles. The number of aliphatic hydroxyl groups is 1. The largest absolute Gasteiger partial charge is 0.472 e. The summed E-state index contributed by atoms with van der Waals surface area (Å²) < 4.78 is 68.6. The molecule has 19 heteroatoms. The summed E-state index contributed by atoms with van der Waals surface area (Å²) in [5, 5.41) is 10.6. The van der Waals surface area contributed by atoms with Crippen LogP contribution in [0.4, 0.5) is 0 Å². The molecule has 3 N–H and O–H groups in total. The number of esters is 4. The molecular weight excluding hydrogens is 1310 g/mol. The molecule has 0 aliphatic heterocycles. The van der Waals surface area contributed by atoms with Crippen LogP contribution < -0.4 is 0 Å². The zero-order valence-corrected chi connectivity index (χ0v) is 67.5. The molecular formula is C81H158O17P2. The highest BCUT2D eigenvalue weighted by Gasteiger charge is 2.30. The standard InChI is InChI=1S/C81H158O17P2/c1-8-10-11-12-38-48-55-62-78(83)91-68-76(97-81(86)65-58-51-44-37-31-30-33-40-46-53-60-73(5)6)70-95-99(87,88)93-66-75(82)67-94-100(89,90)96-71-77(69-92-79(84)63-56-49-42-35-28-24-21-17-18-22-26-32-39-45-52-59-72(3)4)98-80(85)64-57-50-43-36-29-25-20-16-14-13-15-19-23-27-34-41-47-54-61-74(7)9-2/h72-77,82H,8-71H2,1-7H3,(H,87,88)(H,89,90)/t74?,75-,76+,77+/m0/s1. The normalized spacial score (nSPS) is 14.2. The van der Waals surface area contributed by atoms with Gasteiger partial charge in [-0.25, -0.2) is 9.13 Å². The summed E-state index contributed by atoms with van der Waals surface area (Å²) in [6, 6.07) is 0. The van der Waals surface area contributed by atoms with E-state index < -0.39 is 97.5 Å². The van der Waals surface area contributed by atoms with Gasteiger partial charge in [-0.3, -0.25) is 37.3 Å². The Hall–Kier alpha value is -1.94. The molecule has 0 aromatic rings. The van der Waals surface area contributed by atoms with Crippen LogP contribution in [-0.4, -0.2) is 96.7 Å². The molecule has 0 fully saturated rings. The zero-order valence-electron chi connectivity index (χ0n) is 65.7. The van der Waals surface area contributed by atoms with Crippen molar-refractivity contribution in [2.45, 2.75) is 439 Å². The average molecular weight is 1470 g/mol. The second-order valence-electron chi connectivity index (χ2n) is 30.4. The number of carbonyl (C=O) groups is 4. The summed E-state index contributed by atoms with van der Waals surface area (Å²) in [5.74, 6) is 0.313. The zero-order chi connectivity index (χ0) is 73.7. The average Bonchev–Trinajstić information content (AvgIpc) is 0.927. The number of phosphoric acid groups is 2. The predicted molar refractivity (Wildman–Crippen MR) is 409 cm³/mol. The van der Waals surface area contributed by atoms with Crippen LogP contribution in [-0.2, 0) is 65.4 Å². The van der Waals surface area contributed by atoms with Gasteiger partial charge in [-0.05, 0) is 43.4 Å². The van der Waals surface area contributed by atoms with E-state index in [9.17, 15) is 43.2 Å². The van der Waals surface area contributed by atoms with Crippen molar-refractivity contribution in [3.8, 4) is 0 Å². The van der Waals surface area contributed by atoms with Crippen molar-refractivity contribution in [3.63, 3.8) is 0 Å². The number of carbonyl (C=O) groups excluding carboxylic acids is 4. The van der Waals surface area contributed by atoms with E-state index in [1.807, 2.05) is 0 Å². The molecule has 0 rings (SSSR count). The van der Waals surface area contributed by atoms with Gasteiger partial charge in [-0.2, -0.15) is 0 Å². The maximum atomic E-state index is 13.1. The Morgan fingerprint density at radius 2 is 0.510 bits per heavy atom. The Balaban J connectivity index is 5.17. The highest BCUT2D eigenvalue weighted by molar-refractivity contribution is 7.47. The van der Waals surface area contributed by atoms with Gasteiger partial charge in [0.15, 0.2) is 12.2 Å². The van der Waals surface area contributed by atoms with Gasteiger partial charge in [0.25, 0.3) is 0 Å². The van der Waals surface area contributed by atoms with Crippen LogP contribution >= 0.6 is 15.6 Å². The third kappa shape index (κ3) is 73.0. The lowest BCUT2D eigenvalue weighted by atomic mass is 9.99. The first-order chi connectivity index (χ1) is 48.3. The molecule has 0 radical (unpaired) electrons. The fraction of sp³-hybridized carbons (Fsp3) is 0.951. The maximum absolute atomic E-state index is 13.1. The van der Waals surface area contributed by atoms with Gasteiger partial charge in [0.05, 0.1) is 26.4 Å². The number of phosphoric ester groups is 2. The lowest BCUT2D eigenvalue weighted by Gasteiger charge is -2.21. The van der Waals surface area contributed by atoms with Crippen molar-refractivity contribution < 1.29 is 80.2 Å². The van der Waals surface area contributed by atoms with E-state index in [4.69, 9.17) is 37.0 Å². The Labute approximate surface area is 613 Å². The third-order valence-corrected chi connectivity index (χ3v) is 21.1. The van der Waals surface area contributed by atoms with Gasteiger partial charge < -0.3 is 33.8 Å². The number of rotatable bonds is 79. The molecule has 0 aliphatic rings. The minimum atomic E-state index is -4.96. The summed E-state index contributed by atoms with van der Waals surface area (Å²) in [6.07, 6.45) is 59.9. The molecule has 0 bridgehead atoms. The summed E-state index contributed by atoms with van der Waals surface area (Å²) in [5.41, 5.74) is 0. The fourth-order valence-corrected chi connectivity index (χ4v) is 14.0. The highest BCUT2D eigenvalue weighted by atomic mass is 31.2. The second-order valence-corrected chi connectivity index (χ2v) is 33.3. The first-order valence-electron chi connectivity index (χ1n) is 41.9. The Morgan fingerprint density at radius 1 is 0.290 bits per heavy atom. The molecule has 17 nitrogen and oxygen atoms in total. The van der Waals surface area contributed by atoms with Crippen molar-refractivity contribution in [1.82, 2.24) is 0 Å². The summed E-state index contributed by atoms with van der Waals surface area (Å²) in [7, 11) is -9.91. The van der Waals surface area contributed by atoms with Crippen LogP contribution in [0.3, 0.4) is 0 Å². The van der Waals surface area contributed by atoms with Crippen molar-refractivity contribution in [3.05, 3.63) is 0 Å². The monoisotopic (exact) mass is 1470 g/mol. The quantitative estimate of drug-likeness (QED) is 0.0222. The van der Waals surface area contributed by atoms with Crippen LogP contribution in [0.1, 0.15) is 421 Å². The fourth-order valence-electron chi connectivity index (χ4n) is 12.5. The molecule has 0 aromatic carbocycles. The Morgan fingerprint density at radius 3 is 0.760 bits per heavy atom. The van der Waals surface area contributed by atoms with Crippen molar-refractivity contribution >= 4 is 39.5 Å². The second kappa shape index (κ2) is 71.3. The van der Waals surface area contributed by atoms with Gasteiger partial charge in [-0.15, -0.1) is 0 Å².